The molecule has 2 rings (SSSR count). The highest BCUT2D eigenvalue weighted by atomic mass is 16.4. The van der Waals surface area contributed by atoms with Crippen LogP contribution in [0.3, 0.4) is 0 Å². The number of carbonyl (C=O) groups is 2. The Bertz CT molecular complexity index is 465. The fraction of sp³-hybridized carbons (Fsp3) is 0.375. The molecule has 1 aromatic rings. The minimum atomic E-state index is -1.06. The predicted octanol–water partition coefficient (Wildman–Crippen LogP) is 3.98. The van der Waals surface area contributed by atoms with E-state index in [-0.39, 0.29) is 11.1 Å². The maximum atomic E-state index is 10.3. The molecule has 0 fully saturated rings. The van der Waals surface area contributed by atoms with Gasteiger partial charge in [-0.3, -0.25) is 0 Å². The molecule has 20 heavy (non-hydrogen) atoms. The van der Waals surface area contributed by atoms with Crippen LogP contribution in [0.15, 0.2) is 35.4 Å². The Hall–Kier alpha value is -2.10. The molecule has 4 nitrogen and oxygen atoms in total. The molecule has 0 unspecified atom stereocenters. The first-order valence-corrected chi connectivity index (χ1v) is 6.63. The van der Waals surface area contributed by atoms with Crippen LogP contribution in [0.2, 0.25) is 0 Å². The van der Waals surface area contributed by atoms with Gasteiger partial charge in [0, 0.05) is 0 Å². The van der Waals surface area contributed by atoms with E-state index in [2.05, 4.69) is 13.8 Å². The third kappa shape index (κ3) is 4.88. The summed E-state index contributed by atoms with van der Waals surface area (Å²) in [5.74, 6) is -2.13. The van der Waals surface area contributed by atoms with Crippen LogP contribution in [0.5, 0.6) is 0 Å². The standard InChI is InChI=1S/C8H6O4.C8H14/c9-7(10)5-1-2-6(4-3-5)8(11)12;1-7-5-3-4-6-8(7)2/h1-4H,(H,9,10)(H,11,12);3-6H2,1-2H3. The number of carboxylic acid groups (broad SMARTS) is 2. The smallest absolute Gasteiger partial charge is 0.335 e. The molecule has 1 aliphatic rings. The fourth-order valence-corrected chi connectivity index (χ4v) is 1.96. The molecule has 0 amide bonds. The van der Waals surface area contributed by atoms with Crippen molar-refractivity contribution in [2.75, 3.05) is 0 Å². The lowest BCUT2D eigenvalue weighted by Gasteiger charge is -2.12. The maximum Gasteiger partial charge on any atom is 0.335 e. The summed E-state index contributed by atoms with van der Waals surface area (Å²) in [5.41, 5.74) is 3.44. The van der Waals surface area contributed by atoms with Crippen molar-refractivity contribution < 1.29 is 19.8 Å². The topological polar surface area (TPSA) is 74.6 Å². The van der Waals surface area contributed by atoms with Crippen molar-refractivity contribution in [1.29, 1.82) is 0 Å². The summed E-state index contributed by atoms with van der Waals surface area (Å²) in [6.45, 7) is 4.52. The molecular formula is C16H20O4. The third-order valence-electron chi connectivity index (χ3n) is 3.46. The molecule has 0 bridgehead atoms. The number of benzene rings is 1. The van der Waals surface area contributed by atoms with E-state index in [9.17, 15) is 9.59 Å². The molecule has 0 heterocycles. The van der Waals surface area contributed by atoms with Gasteiger partial charge in [0.05, 0.1) is 11.1 Å². The van der Waals surface area contributed by atoms with Gasteiger partial charge in [-0.2, -0.15) is 0 Å². The molecule has 0 aromatic heterocycles. The monoisotopic (exact) mass is 276 g/mol. The lowest BCUT2D eigenvalue weighted by Crippen LogP contribution is -1.99. The molecule has 1 aromatic carbocycles. The molecular weight excluding hydrogens is 256 g/mol. The van der Waals surface area contributed by atoms with E-state index < -0.39 is 11.9 Å². The van der Waals surface area contributed by atoms with E-state index in [1.165, 1.54) is 49.9 Å². The van der Waals surface area contributed by atoms with Crippen LogP contribution in [0.25, 0.3) is 0 Å². The van der Waals surface area contributed by atoms with E-state index in [1.807, 2.05) is 0 Å². The zero-order valence-electron chi connectivity index (χ0n) is 11.8. The Kier molecular flexibility index (Phi) is 5.97. The van der Waals surface area contributed by atoms with Gasteiger partial charge in [-0.25, -0.2) is 9.59 Å². The normalized spacial score (nSPS) is 14.3. The molecule has 4 heteroatoms. The molecule has 0 spiro atoms. The zero-order valence-corrected chi connectivity index (χ0v) is 11.8. The van der Waals surface area contributed by atoms with Crippen LogP contribution in [0, 0.1) is 0 Å². The molecule has 0 saturated heterocycles. The Balaban J connectivity index is 0.000000217. The van der Waals surface area contributed by atoms with E-state index in [4.69, 9.17) is 10.2 Å². The Morgan fingerprint density at radius 1 is 0.800 bits per heavy atom. The van der Waals surface area contributed by atoms with Gasteiger partial charge in [0.1, 0.15) is 0 Å². The van der Waals surface area contributed by atoms with Gasteiger partial charge in [0.25, 0.3) is 0 Å². The summed E-state index contributed by atoms with van der Waals surface area (Å²) in [5, 5.41) is 16.9. The lowest BCUT2D eigenvalue weighted by molar-refractivity contribution is 0.0681. The van der Waals surface area contributed by atoms with Crippen molar-refractivity contribution in [3.05, 3.63) is 46.5 Å². The van der Waals surface area contributed by atoms with E-state index >= 15 is 0 Å². The maximum absolute atomic E-state index is 10.3. The first-order valence-electron chi connectivity index (χ1n) is 6.63. The Labute approximate surface area is 118 Å². The van der Waals surface area contributed by atoms with E-state index in [0.29, 0.717) is 0 Å². The SMILES string of the molecule is CC1=C(C)CCCC1.O=C(O)c1ccc(C(=O)O)cc1. The number of hydrogen-bond acceptors (Lipinski definition) is 2. The molecule has 2 N–H and O–H groups in total. The highest BCUT2D eigenvalue weighted by Crippen LogP contribution is 2.22. The first kappa shape index (κ1) is 16.0. The van der Waals surface area contributed by atoms with Crippen molar-refractivity contribution in [2.45, 2.75) is 39.5 Å². The van der Waals surface area contributed by atoms with E-state index in [0.717, 1.165) is 0 Å². The van der Waals surface area contributed by atoms with Crippen molar-refractivity contribution in [3.8, 4) is 0 Å². The molecule has 0 aliphatic heterocycles. The Morgan fingerprint density at radius 3 is 1.30 bits per heavy atom. The van der Waals surface area contributed by atoms with Crippen molar-refractivity contribution in [2.24, 2.45) is 0 Å². The summed E-state index contributed by atoms with van der Waals surface area (Å²) in [6, 6.07) is 5.02. The molecule has 0 saturated carbocycles. The number of allylic oxidation sites excluding steroid dienone is 2. The average molecular weight is 276 g/mol. The first-order chi connectivity index (χ1) is 9.41. The van der Waals surface area contributed by atoms with Crippen LogP contribution in [-0.4, -0.2) is 22.2 Å². The number of aromatic carboxylic acids is 2. The summed E-state index contributed by atoms with van der Waals surface area (Å²) < 4.78 is 0. The van der Waals surface area contributed by atoms with Gasteiger partial charge < -0.3 is 10.2 Å². The highest BCUT2D eigenvalue weighted by Gasteiger charge is 2.05. The second-order valence-corrected chi connectivity index (χ2v) is 4.96. The fourth-order valence-electron chi connectivity index (χ4n) is 1.96. The summed E-state index contributed by atoms with van der Waals surface area (Å²) in [7, 11) is 0. The van der Waals surface area contributed by atoms with Crippen LogP contribution in [-0.2, 0) is 0 Å². The molecule has 108 valence electrons. The predicted molar refractivity (Wildman–Crippen MR) is 77.2 cm³/mol. The van der Waals surface area contributed by atoms with Crippen molar-refractivity contribution in [1.82, 2.24) is 0 Å². The van der Waals surface area contributed by atoms with Gasteiger partial charge in [-0.05, 0) is 63.8 Å². The van der Waals surface area contributed by atoms with Gasteiger partial charge in [-0.1, -0.05) is 11.1 Å². The van der Waals surface area contributed by atoms with Crippen LogP contribution in [0.1, 0.15) is 60.2 Å². The minimum absolute atomic E-state index is 0.0833. The van der Waals surface area contributed by atoms with Gasteiger partial charge in [-0.15, -0.1) is 0 Å². The number of rotatable bonds is 2. The summed E-state index contributed by atoms with van der Waals surface area (Å²) in [4.78, 5) is 20.7. The second kappa shape index (κ2) is 7.48. The lowest BCUT2D eigenvalue weighted by atomic mass is 9.94. The summed E-state index contributed by atoms with van der Waals surface area (Å²) >= 11 is 0. The van der Waals surface area contributed by atoms with E-state index in [1.54, 1.807) is 11.1 Å². The zero-order chi connectivity index (χ0) is 15.1. The second-order valence-electron chi connectivity index (χ2n) is 4.96. The average Bonchev–Trinajstić information content (AvgIpc) is 2.43. The molecule has 0 radical (unpaired) electrons. The van der Waals surface area contributed by atoms with Gasteiger partial charge >= 0.3 is 11.9 Å². The quantitative estimate of drug-likeness (QED) is 0.801. The number of carboxylic acids is 2. The number of hydrogen-bond donors (Lipinski definition) is 2. The van der Waals surface area contributed by atoms with Crippen LogP contribution in [0.4, 0.5) is 0 Å². The van der Waals surface area contributed by atoms with Crippen molar-refractivity contribution in [3.63, 3.8) is 0 Å². The summed E-state index contributed by atoms with van der Waals surface area (Å²) in [6.07, 6.45) is 5.55. The molecule has 0 atom stereocenters. The van der Waals surface area contributed by atoms with Gasteiger partial charge in [0.2, 0.25) is 0 Å². The van der Waals surface area contributed by atoms with Crippen LogP contribution < -0.4 is 0 Å². The molecule has 1 aliphatic carbocycles. The van der Waals surface area contributed by atoms with Crippen molar-refractivity contribution >= 4 is 11.9 Å². The minimum Gasteiger partial charge on any atom is -0.478 e. The van der Waals surface area contributed by atoms with Gasteiger partial charge in [0.15, 0.2) is 0 Å². The largest absolute Gasteiger partial charge is 0.478 e. The van der Waals surface area contributed by atoms with Crippen LogP contribution >= 0.6 is 0 Å². The third-order valence-corrected chi connectivity index (χ3v) is 3.46. The highest BCUT2D eigenvalue weighted by molar-refractivity contribution is 5.91. The Morgan fingerprint density at radius 2 is 1.10 bits per heavy atom.